The average molecular weight is 381 g/mol. The van der Waals surface area contributed by atoms with Crippen LogP contribution in [0.1, 0.15) is 35.7 Å². The van der Waals surface area contributed by atoms with Crippen molar-refractivity contribution >= 4 is 23.4 Å². The summed E-state index contributed by atoms with van der Waals surface area (Å²) in [5.41, 5.74) is 3.53. The minimum Gasteiger partial charge on any atom is -0.450 e. The Bertz CT molecular complexity index is 795. The number of nitrogens with zero attached hydrogens (tertiary/aromatic N) is 1. The highest BCUT2D eigenvalue weighted by Gasteiger charge is 2.23. The van der Waals surface area contributed by atoms with Crippen LogP contribution in [0.4, 0.5) is 16.2 Å². The third kappa shape index (κ3) is 5.25. The molecule has 1 aliphatic heterocycles. The van der Waals surface area contributed by atoms with Crippen molar-refractivity contribution in [1.29, 1.82) is 0 Å². The van der Waals surface area contributed by atoms with Crippen molar-refractivity contribution in [2.75, 3.05) is 30.3 Å². The summed E-state index contributed by atoms with van der Waals surface area (Å²) in [7, 11) is 0. The number of anilines is 2. The van der Waals surface area contributed by atoms with E-state index in [4.69, 9.17) is 4.74 Å². The van der Waals surface area contributed by atoms with Crippen molar-refractivity contribution in [1.82, 2.24) is 4.90 Å². The highest BCUT2D eigenvalue weighted by atomic mass is 16.6. The lowest BCUT2D eigenvalue weighted by Crippen LogP contribution is -2.42. The van der Waals surface area contributed by atoms with Crippen molar-refractivity contribution in [3.05, 3.63) is 59.7 Å². The first-order chi connectivity index (χ1) is 13.5. The molecule has 28 heavy (non-hydrogen) atoms. The molecule has 0 spiro atoms. The molecule has 0 unspecified atom stereocenters. The van der Waals surface area contributed by atoms with E-state index in [-0.39, 0.29) is 12.0 Å². The second-order valence-electron chi connectivity index (χ2n) is 7.00. The molecule has 2 aromatic rings. The fraction of sp³-hybridized carbons (Fsp3) is 0.364. The number of rotatable bonds is 5. The highest BCUT2D eigenvalue weighted by molar-refractivity contribution is 6.04. The van der Waals surface area contributed by atoms with Gasteiger partial charge in [0.15, 0.2) is 0 Å². The normalized spacial score (nSPS) is 14.4. The minimum atomic E-state index is -0.227. The monoisotopic (exact) mass is 381 g/mol. The molecule has 6 nitrogen and oxygen atoms in total. The molecule has 2 aromatic carbocycles. The zero-order valence-corrected chi connectivity index (χ0v) is 16.4. The van der Waals surface area contributed by atoms with Crippen LogP contribution in [0.3, 0.4) is 0 Å². The first-order valence-electron chi connectivity index (χ1n) is 9.71. The minimum absolute atomic E-state index is 0.118. The Balaban J connectivity index is 1.49. The Morgan fingerprint density at radius 2 is 1.61 bits per heavy atom. The number of benzene rings is 2. The molecule has 0 atom stereocenters. The zero-order chi connectivity index (χ0) is 19.9. The number of carbonyl (C=O) groups is 2. The number of ether oxygens (including phenoxy) is 1. The van der Waals surface area contributed by atoms with E-state index < -0.39 is 0 Å². The van der Waals surface area contributed by atoms with Crippen molar-refractivity contribution in [2.24, 2.45) is 0 Å². The molecule has 1 aliphatic rings. The van der Waals surface area contributed by atoms with Gasteiger partial charge in [-0.2, -0.15) is 0 Å². The van der Waals surface area contributed by atoms with Crippen molar-refractivity contribution in [3.8, 4) is 0 Å². The largest absolute Gasteiger partial charge is 0.450 e. The summed E-state index contributed by atoms with van der Waals surface area (Å²) in [6.07, 6.45) is 1.53. The van der Waals surface area contributed by atoms with Gasteiger partial charge in [-0.1, -0.05) is 17.7 Å². The fourth-order valence-electron chi connectivity index (χ4n) is 3.21. The number of nitrogens with one attached hydrogen (secondary N) is 2. The summed E-state index contributed by atoms with van der Waals surface area (Å²) < 4.78 is 5.05. The summed E-state index contributed by atoms with van der Waals surface area (Å²) >= 11 is 0. The second-order valence-corrected chi connectivity index (χ2v) is 7.00. The molecule has 1 saturated heterocycles. The van der Waals surface area contributed by atoms with Crippen LogP contribution in [0.25, 0.3) is 0 Å². The van der Waals surface area contributed by atoms with E-state index in [9.17, 15) is 9.59 Å². The molecule has 2 N–H and O–H groups in total. The maximum atomic E-state index is 12.3. The predicted molar refractivity (Wildman–Crippen MR) is 111 cm³/mol. The average Bonchev–Trinajstić information content (AvgIpc) is 2.70. The van der Waals surface area contributed by atoms with E-state index in [2.05, 4.69) is 10.6 Å². The van der Waals surface area contributed by atoms with Gasteiger partial charge in [-0.25, -0.2) is 4.79 Å². The lowest BCUT2D eigenvalue weighted by Gasteiger charge is -2.32. The molecule has 0 aliphatic carbocycles. The Morgan fingerprint density at radius 3 is 2.21 bits per heavy atom. The smallest absolute Gasteiger partial charge is 0.409 e. The molecule has 6 heteroatoms. The number of amides is 2. The number of carbonyl (C=O) groups excluding carboxylic acids is 2. The number of piperidine rings is 1. The van der Waals surface area contributed by atoms with Crippen molar-refractivity contribution < 1.29 is 14.3 Å². The topological polar surface area (TPSA) is 70.7 Å². The fourth-order valence-corrected chi connectivity index (χ4v) is 3.21. The molecule has 2 amide bonds. The van der Waals surface area contributed by atoms with Gasteiger partial charge in [0.2, 0.25) is 0 Å². The van der Waals surface area contributed by atoms with Crippen molar-refractivity contribution in [2.45, 2.75) is 32.7 Å². The van der Waals surface area contributed by atoms with Crippen LogP contribution in [-0.2, 0) is 4.74 Å². The molecule has 3 rings (SSSR count). The lowest BCUT2D eigenvalue weighted by atomic mass is 10.0. The number of hydrogen-bond acceptors (Lipinski definition) is 4. The quantitative estimate of drug-likeness (QED) is 0.811. The molecular formula is C22H27N3O3. The first kappa shape index (κ1) is 19.7. The molecule has 1 heterocycles. The zero-order valence-electron chi connectivity index (χ0n) is 16.4. The van der Waals surface area contributed by atoms with E-state index in [1.807, 2.05) is 62.4 Å². The van der Waals surface area contributed by atoms with Crippen LogP contribution in [0.2, 0.25) is 0 Å². The van der Waals surface area contributed by atoms with Gasteiger partial charge in [-0.05, 0) is 63.1 Å². The molecule has 0 aromatic heterocycles. The van der Waals surface area contributed by atoms with E-state index in [0.717, 1.165) is 29.8 Å². The molecule has 0 saturated carbocycles. The van der Waals surface area contributed by atoms with Gasteiger partial charge in [0.1, 0.15) is 0 Å². The Morgan fingerprint density at radius 1 is 1.00 bits per heavy atom. The Labute approximate surface area is 165 Å². The SMILES string of the molecule is CCOC(=O)N1CCC(Nc2ccc(NC(=O)c3ccc(C)cc3)cc2)CC1. The Hall–Kier alpha value is -3.02. The van der Waals surface area contributed by atoms with Gasteiger partial charge in [-0.15, -0.1) is 0 Å². The van der Waals surface area contributed by atoms with Crippen LogP contribution in [0, 0.1) is 6.92 Å². The van der Waals surface area contributed by atoms with Crippen LogP contribution >= 0.6 is 0 Å². The first-order valence-corrected chi connectivity index (χ1v) is 9.71. The van der Waals surface area contributed by atoms with Gasteiger partial charge >= 0.3 is 6.09 Å². The van der Waals surface area contributed by atoms with Gasteiger partial charge in [0.05, 0.1) is 6.61 Å². The van der Waals surface area contributed by atoms with Crippen molar-refractivity contribution in [3.63, 3.8) is 0 Å². The van der Waals surface area contributed by atoms with Crippen LogP contribution < -0.4 is 10.6 Å². The lowest BCUT2D eigenvalue weighted by molar-refractivity contribution is 0.0981. The molecular weight excluding hydrogens is 354 g/mol. The summed E-state index contributed by atoms with van der Waals surface area (Å²) in [5.74, 6) is -0.118. The van der Waals surface area contributed by atoms with Crippen LogP contribution in [-0.4, -0.2) is 42.6 Å². The van der Waals surface area contributed by atoms with E-state index >= 15 is 0 Å². The number of likely N-dealkylation sites (tertiary alicyclic amines) is 1. The summed E-state index contributed by atoms with van der Waals surface area (Å²) in [5, 5.41) is 6.41. The third-order valence-electron chi connectivity index (χ3n) is 4.85. The summed E-state index contributed by atoms with van der Waals surface area (Å²) in [6.45, 7) is 5.61. The molecule has 0 bridgehead atoms. The number of hydrogen-bond donors (Lipinski definition) is 2. The Kier molecular flexibility index (Phi) is 6.53. The summed E-state index contributed by atoms with van der Waals surface area (Å²) in [4.78, 5) is 25.8. The number of aryl methyl sites for hydroxylation is 1. The van der Waals surface area contributed by atoms with Crippen LogP contribution in [0.15, 0.2) is 48.5 Å². The summed E-state index contributed by atoms with van der Waals surface area (Å²) in [6, 6.07) is 15.5. The van der Waals surface area contributed by atoms with Gasteiger partial charge in [-0.3, -0.25) is 4.79 Å². The molecule has 1 fully saturated rings. The standard InChI is InChI=1S/C22H27N3O3/c1-3-28-22(27)25-14-12-20(13-15-25)23-18-8-10-19(11-9-18)24-21(26)17-6-4-16(2)5-7-17/h4-11,20,23H,3,12-15H2,1-2H3,(H,24,26). The molecule has 0 radical (unpaired) electrons. The van der Waals surface area contributed by atoms with Gasteiger partial charge in [0.25, 0.3) is 5.91 Å². The van der Waals surface area contributed by atoms with E-state index in [1.54, 1.807) is 4.90 Å². The van der Waals surface area contributed by atoms with Gasteiger partial charge in [0, 0.05) is 36.1 Å². The predicted octanol–water partition coefficient (Wildman–Crippen LogP) is 4.28. The van der Waals surface area contributed by atoms with E-state index in [0.29, 0.717) is 31.3 Å². The highest BCUT2D eigenvalue weighted by Crippen LogP contribution is 2.20. The van der Waals surface area contributed by atoms with E-state index in [1.165, 1.54) is 0 Å². The maximum Gasteiger partial charge on any atom is 0.409 e. The molecule has 148 valence electrons. The third-order valence-corrected chi connectivity index (χ3v) is 4.85. The van der Waals surface area contributed by atoms with Gasteiger partial charge < -0.3 is 20.3 Å². The second kappa shape index (κ2) is 9.26. The van der Waals surface area contributed by atoms with Crippen LogP contribution in [0.5, 0.6) is 0 Å². The maximum absolute atomic E-state index is 12.3.